The Morgan fingerprint density at radius 2 is 1.86 bits per heavy atom. The molecule has 2 aromatic carbocycles. The first kappa shape index (κ1) is 33.9. The molecule has 49 heavy (non-hydrogen) atoms. The molecular weight excluding hydrogens is 665 g/mol. The lowest BCUT2D eigenvalue weighted by Gasteiger charge is -2.33. The number of aliphatic hydroxyl groups is 1. The minimum absolute atomic E-state index is 0.0296. The maximum atomic E-state index is 16.2. The number of carbonyl (C=O) groups excluding carboxylic acids is 2. The van der Waals surface area contributed by atoms with Crippen LogP contribution in [0.2, 0.25) is 0 Å². The average molecular weight is 693 g/mol. The summed E-state index contributed by atoms with van der Waals surface area (Å²) in [5, 5.41) is 14.7. The van der Waals surface area contributed by atoms with Crippen LogP contribution in [0.5, 0.6) is 11.5 Å². The number of aryl methyl sites for hydroxylation is 1. The van der Waals surface area contributed by atoms with Gasteiger partial charge in [0.15, 0.2) is 11.4 Å². The van der Waals surface area contributed by atoms with Crippen molar-refractivity contribution in [3.05, 3.63) is 82.4 Å². The molecule has 1 unspecified atom stereocenters. The molecule has 9 nitrogen and oxygen atoms in total. The molecule has 0 spiro atoms. The Morgan fingerprint density at radius 1 is 1.14 bits per heavy atom. The minimum Gasteiger partial charge on any atom is -0.489 e. The van der Waals surface area contributed by atoms with Crippen LogP contribution in [0.3, 0.4) is 0 Å². The summed E-state index contributed by atoms with van der Waals surface area (Å²) in [6.45, 7) is -1.43. The van der Waals surface area contributed by atoms with Crippen LogP contribution in [0.4, 0.5) is 30.7 Å². The number of ether oxygens (including phenoxy) is 2. The predicted octanol–water partition coefficient (Wildman–Crippen LogP) is 5.62. The summed E-state index contributed by atoms with van der Waals surface area (Å²) in [6, 6.07) is 7.03. The second-order valence-corrected chi connectivity index (χ2v) is 12.4. The number of benzene rings is 2. The van der Waals surface area contributed by atoms with E-state index in [4.69, 9.17) is 10.5 Å². The number of aromatic nitrogens is 2. The van der Waals surface area contributed by atoms with E-state index in [1.54, 1.807) is 13.0 Å². The Balaban J connectivity index is 1.45. The van der Waals surface area contributed by atoms with Crippen molar-refractivity contribution in [1.29, 1.82) is 0 Å². The van der Waals surface area contributed by atoms with Gasteiger partial charge < -0.3 is 25.6 Å². The number of nitrogens with one attached hydrogen (secondary N) is 1. The highest BCUT2D eigenvalue weighted by Gasteiger charge is 2.62. The molecule has 3 heterocycles. The number of pyridine rings is 2. The monoisotopic (exact) mass is 692 g/mol. The van der Waals surface area contributed by atoms with E-state index in [2.05, 4.69) is 20.0 Å². The zero-order valence-corrected chi connectivity index (χ0v) is 25.7. The normalized spacial score (nSPS) is 19.2. The number of fused-ring (bicyclic) bond motifs is 2. The quantitative estimate of drug-likeness (QED) is 0.194. The third-order valence-electron chi connectivity index (χ3n) is 8.88. The van der Waals surface area contributed by atoms with Crippen molar-refractivity contribution < 1.29 is 54.9 Å². The van der Waals surface area contributed by atoms with Crippen molar-refractivity contribution in [2.75, 3.05) is 13.2 Å². The van der Waals surface area contributed by atoms with E-state index in [0.29, 0.717) is 17.7 Å². The summed E-state index contributed by atoms with van der Waals surface area (Å²) in [5.41, 5.74) is -3.39. The van der Waals surface area contributed by atoms with Gasteiger partial charge in [-0.2, -0.15) is 22.0 Å². The van der Waals surface area contributed by atoms with Gasteiger partial charge in [0.25, 0.3) is 5.91 Å². The molecule has 1 fully saturated rings. The van der Waals surface area contributed by atoms with E-state index < -0.39 is 70.7 Å². The molecular formula is C33H27F7N4O5. The third-order valence-corrected chi connectivity index (χ3v) is 8.88. The number of amides is 2. The summed E-state index contributed by atoms with van der Waals surface area (Å²) in [5.74, 6) is -4.03. The predicted molar refractivity (Wildman–Crippen MR) is 159 cm³/mol. The van der Waals surface area contributed by atoms with Crippen LogP contribution in [0.1, 0.15) is 52.5 Å². The number of primary amides is 1. The van der Waals surface area contributed by atoms with Crippen molar-refractivity contribution in [3.63, 3.8) is 0 Å². The van der Waals surface area contributed by atoms with E-state index in [1.807, 2.05) is 0 Å². The van der Waals surface area contributed by atoms with Crippen LogP contribution in [-0.4, -0.2) is 52.3 Å². The molecule has 0 bridgehead atoms. The van der Waals surface area contributed by atoms with Crippen LogP contribution >= 0.6 is 0 Å². The molecule has 2 aromatic heterocycles. The van der Waals surface area contributed by atoms with Crippen molar-refractivity contribution >= 4 is 22.7 Å². The van der Waals surface area contributed by atoms with Gasteiger partial charge in [-0.1, -0.05) is 0 Å². The zero-order chi connectivity index (χ0) is 35.7. The molecule has 0 radical (unpaired) electrons. The Hall–Kier alpha value is -4.99. The van der Waals surface area contributed by atoms with Crippen LogP contribution in [0, 0.1) is 12.7 Å². The van der Waals surface area contributed by atoms with Crippen molar-refractivity contribution in [1.82, 2.24) is 15.3 Å². The maximum absolute atomic E-state index is 16.2. The topological polar surface area (TPSA) is 137 Å². The Bertz CT molecular complexity index is 2020. The SMILES string of the molecule is Cc1cnc2c(OC(F)F)cc(C(=O)NCC(O)(c3cc4c(c(-c5ccc(F)c(C(F)(F)F)c5)n3)OC[C@]4(C)C(N)=O)C3(F)CC3)cc2c1. The minimum atomic E-state index is -5.11. The van der Waals surface area contributed by atoms with Crippen molar-refractivity contribution in [2.45, 2.75) is 56.2 Å². The van der Waals surface area contributed by atoms with Gasteiger partial charge in [0.2, 0.25) is 5.91 Å². The van der Waals surface area contributed by atoms with Crippen LogP contribution in [0.15, 0.2) is 48.7 Å². The van der Waals surface area contributed by atoms with E-state index in [-0.39, 0.29) is 58.5 Å². The number of nitrogens with zero attached hydrogens (tertiary/aromatic N) is 2. The Kier molecular flexibility index (Phi) is 8.00. The largest absolute Gasteiger partial charge is 0.489 e. The smallest absolute Gasteiger partial charge is 0.419 e. The molecule has 258 valence electrons. The van der Waals surface area contributed by atoms with Crippen LogP contribution < -0.4 is 20.5 Å². The molecule has 4 aromatic rings. The van der Waals surface area contributed by atoms with Gasteiger partial charge in [0, 0.05) is 28.3 Å². The van der Waals surface area contributed by atoms with Crippen molar-refractivity contribution in [2.24, 2.45) is 5.73 Å². The fourth-order valence-corrected chi connectivity index (χ4v) is 5.84. The summed E-state index contributed by atoms with van der Waals surface area (Å²) in [6.07, 6.45) is -4.11. The summed E-state index contributed by atoms with van der Waals surface area (Å²) >= 11 is 0. The number of nitrogens with two attached hydrogens (primary N) is 1. The van der Waals surface area contributed by atoms with Gasteiger partial charge in [-0.15, -0.1) is 0 Å². The highest BCUT2D eigenvalue weighted by Crippen LogP contribution is 2.55. The fourth-order valence-electron chi connectivity index (χ4n) is 5.84. The molecule has 2 aliphatic rings. The third kappa shape index (κ3) is 5.87. The Morgan fingerprint density at radius 3 is 2.49 bits per heavy atom. The summed E-state index contributed by atoms with van der Waals surface area (Å²) in [7, 11) is 0. The second-order valence-electron chi connectivity index (χ2n) is 12.4. The second kappa shape index (κ2) is 11.6. The standard InChI is InChI=1S/C33H27F7N4O5/c1-15-7-17-8-18(10-22(49-29(35)36)24(17)42-12-15)27(45)43-13-32(47,31(37)5-6-31)23-11-20-26(48-14-30(20,2)28(41)46)25(44-23)16-3-4-21(34)19(9-16)33(38,39)40/h3-4,7-12,29,47H,5-6,13-14H2,1-2H3,(H2,41,46)(H,43,45)/t30-,32?/m0/s1. The zero-order valence-electron chi connectivity index (χ0n) is 25.7. The lowest BCUT2D eigenvalue weighted by molar-refractivity contribution is -0.140. The molecule has 16 heteroatoms. The number of halogens is 7. The van der Waals surface area contributed by atoms with E-state index in [9.17, 15) is 41.0 Å². The van der Waals surface area contributed by atoms with Gasteiger partial charge in [0.05, 0.1) is 17.8 Å². The molecule has 6 rings (SSSR count). The van der Waals surface area contributed by atoms with E-state index in [0.717, 1.165) is 18.2 Å². The molecule has 2 atom stereocenters. The number of rotatable bonds is 9. The number of alkyl halides is 6. The van der Waals surface area contributed by atoms with Gasteiger partial charge in [0.1, 0.15) is 40.5 Å². The fraction of sp³-hybridized carbons (Fsp3) is 0.333. The highest BCUT2D eigenvalue weighted by atomic mass is 19.4. The highest BCUT2D eigenvalue weighted by molar-refractivity contribution is 6.00. The van der Waals surface area contributed by atoms with Gasteiger partial charge in [-0.25, -0.2) is 13.8 Å². The molecule has 1 aliphatic heterocycles. The number of hydrogen-bond acceptors (Lipinski definition) is 7. The first-order chi connectivity index (χ1) is 22.9. The van der Waals surface area contributed by atoms with Gasteiger partial charge in [-0.05, 0) is 74.7 Å². The maximum Gasteiger partial charge on any atom is 0.419 e. The van der Waals surface area contributed by atoms with Gasteiger partial charge >= 0.3 is 12.8 Å². The molecule has 1 saturated carbocycles. The van der Waals surface area contributed by atoms with Crippen LogP contribution in [-0.2, 0) is 22.0 Å². The lowest BCUT2D eigenvalue weighted by atomic mass is 9.80. The Labute approximate surface area is 273 Å². The van der Waals surface area contributed by atoms with Crippen molar-refractivity contribution in [3.8, 4) is 22.8 Å². The number of hydrogen-bond donors (Lipinski definition) is 3. The van der Waals surface area contributed by atoms with Crippen LogP contribution in [0.25, 0.3) is 22.2 Å². The van der Waals surface area contributed by atoms with E-state index >= 15 is 4.39 Å². The summed E-state index contributed by atoms with van der Waals surface area (Å²) in [4.78, 5) is 34.4. The molecule has 1 aliphatic carbocycles. The van der Waals surface area contributed by atoms with E-state index in [1.165, 1.54) is 19.2 Å². The molecule has 2 amide bonds. The number of carbonyl (C=O) groups is 2. The first-order valence-corrected chi connectivity index (χ1v) is 14.8. The van der Waals surface area contributed by atoms with Gasteiger partial charge in [-0.3, -0.25) is 14.6 Å². The first-order valence-electron chi connectivity index (χ1n) is 14.8. The average Bonchev–Trinajstić information content (AvgIpc) is 3.70. The molecule has 0 saturated heterocycles. The molecule has 4 N–H and O–H groups in total. The summed E-state index contributed by atoms with van der Waals surface area (Å²) < 4.78 is 108. The lowest BCUT2D eigenvalue weighted by Crippen LogP contribution is -2.49.